The van der Waals surface area contributed by atoms with Crippen LogP contribution in [0.4, 0.5) is 8.78 Å². The Morgan fingerprint density at radius 3 is 2.27 bits per heavy atom. The highest BCUT2D eigenvalue weighted by Gasteiger charge is 2.25. The van der Waals surface area contributed by atoms with E-state index in [1.165, 1.54) is 5.01 Å². The van der Waals surface area contributed by atoms with Gasteiger partial charge < -0.3 is 0 Å². The smallest absolute Gasteiger partial charge is 0.241 e. The Labute approximate surface area is 63.3 Å². The number of nitrogens with zero attached hydrogens (tertiary/aromatic N) is 2. The van der Waals surface area contributed by atoms with Crippen LogP contribution in [-0.4, -0.2) is 24.5 Å². The molecule has 1 heterocycles. The average molecular weight is 164 g/mol. The summed E-state index contributed by atoms with van der Waals surface area (Å²) in [6.45, 7) is 0.747. The van der Waals surface area contributed by atoms with Crippen LogP contribution in [-0.2, 0) is 0 Å². The van der Waals surface area contributed by atoms with Crippen molar-refractivity contribution in [3.05, 3.63) is 4.91 Å². The van der Waals surface area contributed by atoms with E-state index in [9.17, 15) is 13.7 Å². The lowest BCUT2D eigenvalue weighted by Crippen LogP contribution is -2.31. The summed E-state index contributed by atoms with van der Waals surface area (Å²) in [6.07, 6.45) is -1.49. The highest BCUT2D eigenvalue weighted by atomic mass is 19.3. The van der Waals surface area contributed by atoms with Crippen LogP contribution in [0.3, 0.4) is 0 Å². The zero-order valence-electron chi connectivity index (χ0n) is 6.04. The van der Waals surface area contributed by atoms with Gasteiger partial charge in [0.05, 0.1) is 5.29 Å². The molecule has 0 bridgehead atoms. The first kappa shape index (κ1) is 8.36. The molecule has 3 nitrogen and oxygen atoms in total. The fraction of sp³-hybridized carbons (Fsp3) is 1.00. The van der Waals surface area contributed by atoms with Gasteiger partial charge in [0, 0.05) is 19.0 Å². The molecule has 1 aliphatic rings. The summed E-state index contributed by atoms with van der Waals surface area (Å²) in [6, 6.07) is 0. The maximum atomic E-state index is 12.0. The lowest BCUT2D eigenvalue weighted by molar-refractivity contribution is 0.0355. The van der Waals surface area contributed by atoms with E-state index >= 15 is 0 Å². The van der Waals surface area contributed by atoms with E-state index in [4.69, 9.17) is 0 Å². The summed E-state index contributed by atoms with van der Waals surface area (Å²) < 4.78 is 24.0. The molecule has 0 radical (unpaired) electrons. The molecule has 0 unspecified atom stereocenters. The third-order valence-corrected chi connectivity index (χ3v) is 1.99. The molecule has 0 spiro atoms. The number of nitroso groups, excluding NO2 is 1. The van der Waals surface area contributed by atoms with Crippen molar-refractivity contribution in [2.75, 3.05) is 13.1 Å². The molecule has 0 amide bonds. The Balaban J connectivity index is 2.29. The second-order valence-corrected chi connectivity index (χ2v) is 2.71. The van der Waals surface area contributed by atoms with Crippen LogP contribution in [0.15, 0.2) is 5.29 Å². The molecule has 0 saturated carbocycles. The van der Waals surface area contributed by atoms with Crippen LogP contribution >= 0.6 is 0 Å². The SMILES string of the molecule is O=NN1CCC(C(F)F)CC1. The van der Waals surface area contributed by atoms with E-state index in [1.807, 2.05) is 0 Å². The van der Waals surface area contributed by atoms with Gasteiger partial charge in [0.2, 0.25) is 6.43 Å². The van der Waals surface area contributed by atoms with E-state index in [-0.39, 0.29) is 0 Å². The second-order valence-electron chi connectivity index (χ2n) is 2.71. The van der Waals surface area contributed by atoms with Crippen LogP contribution < -0.4 is 0 Å². The van der Waals surface area contributed by atoms with Crippen molar-refractivity contribution in [1.29, 1.82) is 0 Å². The van der Waals surface area contributed by atoms with E-state index < -0.39 is 12.3 Å². The third-order valence-electron chi connectivity index (χ3n) is 1.99. The fourth-order valence-corrected chi connectivity index (χ4v) is 1.22. The zero-order chi connectivity index (χ0) is 8.27. The lowest BCUT2D eigenvalue weighted by Gasteiger charge is -2.26. The molecule has 1 rings (SSSR count). The molecule has 0 atom stereocenters. The van der Waals surface area contributed by atoms with Crippen molar-refractivity contribution in [2.45, 2.75) is 19.3 Å². The number of rotatable bonds is 2. The monoisotopic (exact) mass is 164 g/mol. The molecule has 0 aromatic carbocycles. The Morgan fingerprint density at radius 1 is 1.36 bits per heavy atom. The summed E-state index contributed by atoms with van der Waals surface area (Å²) in [7, 11) is 0. The summed E-state index contributed by atoms with van der Waals surface area (Å²) >= 11 is 0. The molecular formula is C6H10F2N2O. The van der Waals surface area contributed by atoms with Crippen LogP contribution in [0.1, 0.15) is 12.8 Å². The number of alkyl halides is 2. The Kier molecular flexibility index (Phi) is 2.73. The van der Waals surface area contributed by atoms with E-state index in [1.54, 1.807) is 0 Å². The van der Waals surface area contributed by atoms with Crippen molar-refractivity contribution in [3.63, 3.8) is 0 Å². The van der Waals surface area contributed by atoms with Gasteiger partial charge in [-0.05, 0) is 12.8 Å². The Morgan fingerprint density at radius 2 is 1.91 bits per heavy atom. The van der Waals surface area contributed by atoms with Crippen molar-refractivity contribution >= 4 is 0 Å². The first-order valence-corrected chi connectivity index (χ1v) is 3.60. The third kappa shape index (κ3) is 2.10. The number of hydrogen-bond donors (Lipinski definition) is 0. The number of halogens is 2. The summed E-state index contributed by atoms with van der Waals surface area (Å²) in [4.78, 5) is 9.92. The van der Waals surface area contributed by atoms with Crippen molar-refractivity contribution in [1.82, 2.24) is 5.01 Å². The molecule has 64 valence electrons. The quantitative estimate of drug-likeness (QED) is 0.581. The van der Waals surface area contributed by atoms with Crippen molar-refractivity contribution in [3.8, 4) is 0 Å². The highest BCUT2D eigenvalue weighted by molar-refractivity contribution is 4.71. The minimum absolute atomic E-state index is 0.374. The molecular weight excluding hydrogens is 154 g/mol. The van der Waals surface area contributed by atoms with Gasteiger partial charge in [0.25, 0.3) is 0 Å². The van der Waals surface area contributed by atoms with Crippen LogP contribution in [0.2, 0.25) is 0 Å². The molecule has 0 aromatic heterocycles. The van der Waals surface area contributed by atoms with Gasteiger partial charge in [-0.25, -0.2) is 8.78 Å². The zero-order valence-corrected chi connectivity index (χ0v) is 6.04. The molecule has 1 saturated heterocycles. The molecule has 0 N–H and O–H groups in total. The topological polar surface area (TPSA) is 32.7 Å². The number of piperidine rings is 1. The van der Waals surface area contributed by atoms with Gasteiger partial charge in [0.1, 0.15) is 0 Å². The van der Waals surface area contributed by atoms with Gasteiger partial charge >= 0.3 is 0 Å². The first-order chi connectivity index (χ1) is 5.24. The predicted molar refractivity (Wildman–Crippen MR) is 36.1 cm³/mol. The van der Waals surface area contributed by atoms with Gasteiger partial charge in [0.15, 0.2) is 0 Å². The molecule has 0 aliphatic carbocycles. The first-order valence-electron chi connectivity index (χ1n) is 3.60. The Bertz CT molecular complexity index is 135. The maximum Gasteiger partial charge on any atom is 0.241 e. The summed E-state index contributed by atoms with van der Waals surface area (Å²) in [5, 5.41) is 3.97. The molecule has 5 heteroatoms. The lowest BCUT2D eigenvalue weighted by atomic mass is 9.99. The summed E-state index contributed by atoms with van der Waals surface area (Å²) in [5.74, 6) is -0.534. The van der Waals surface area contributed by atoms with Gasteiger partial charge in [-0.2, -0.15) is 0 Å². The van der Waals surface area contributed by atoms with Crippen molar-refractivity contribution < 1.29 is 8.78 Å². The maximum absolute atomic E-state index is 12.0. The van der Waals surface area contributed by atoms with E-state index in [0.29, 0.717) is 25.9 Å². The molecule has 0 aromatic rings. The fourth-order valence-electron chi connectivity index (χ4n) is 1.22. The normalized spacial score (nSPS) is 20.8. The minimum atomic E-state index is -2.25. The summed E-state index contributed by atoms with van der Waals surface area (Å²) in [5.41, 5.74) is 0. The molecule has 1 fully saturated rings. The van der Waals surface area contributed by atoms with Gasteiger partial charge in [-0.1, -0.05) is 0 Å². The predicted octanol–water partition coefficient (Wildman–Crippen LogP) is 1.64. The van der Waals surface area contributed by atoms with Crippen LogP contribution in [0.5, 0.6) is 0 Å². The average Bonchev–Trinajstić information content (AvgIpc) is 2.05. The van der Waals surface area contributed by atoms with Crippen LogP contribution in [0.25, 0.3) is 0 Å². The van der Waals surface area contributed by atoms with Gasteiger partial charge in [-0.3, -0.25) is 5.01 Å². The molecule has 11 heavy (non-hydrogen) atoms. The number of hydrogen-bond acceptors (Lipinski definition) is 2. The van der Waals surface area contributed by atoms with Gasteiger partial charge in [-0.15, -0.1) is 4.91 Å². The van der Waals surface area contributed by atoms with Crippen molar-refractivity contribution in [2.24, 2.45) is 11.2 Å². The second kappa shape index (κ2) is 3.59. The Hall–Kier alpha value is -0.740. The molecule has 1 aliphatic heterocycles. The van der Waals surface area contributed by atoms with Crippen LogP contribution in [0, 0.1) is 10.8 Å². The highest BCUT2D eigenvalue weighted by Crippen LogP contribution is 2.23. The minimum Gasteiger partial charge on any atom is -0.261 e. The van der Waals surface area contributed by atoms with E-state index in [2.05, 4.69) is 5.29 Å². The largest absolute Gasteiger partial charge is 0.261 e. The standard InChI is InChI=1S/C6H10F2N2O/c7-6(8)5-1-3-10(9-11)4-2-5/h5-6H,1-4H2. The van der Waals surface area contributed by atoms with E-state index in [0.717, 1.165) is 0 Å².